The van der Waals surface area contributed by atoms with E-state index in [1.165, 1.54) is 17.0 Å². The number of hydrogen-bond donors (Lipinski definition) is 1. The van der Waals surface area contributed by atoms with Gasteiger partial charge in [-0.3, -0.25) is 13.9 Å². The second-order valence-corrected chi connectivity index (χ2v) is 11.9. The molecule has 0 bridgehead atoms. The number of aryl methyl sites for hydroxylation is 2. The van der Waals surface area contributed by atoms with Crippen molar-refractivity contribution in [2.24, 2.45) is 0 Å². The standard InChI is InChI=1S/C31H39N3O5S/c1-7-39-29-15-11-10-14-28(29)34(40(37,38)27-18-16-23(4)17-19-27)21-30(35)33(25(6)31(36)32-22(2)3)20-26-13-9-8-12-24(26)5/h8-19,22,25H,7,20-21H2,1-6H3,(H,32,36). The van der Waals surface area contributed by atoms with Gasteiger partial charge < -0.3 is 15.0 Å². The smallest absolute Gasteiger partial charge is 0.264 e. The number of sulfonamides is 1. The maximum absolute atomic E-state index is 14.1. The van der Waals surface area contributed by atoms with Gasteiger partial charge in [0.2, 0.25) is 11.8 Å². The second kappa shape index (κ2) is 13.5. The lowest BCUT2D eigenvalue weighted by Crippen LogP contribution is -2.52. The van der Waals surface area contributed by atoms with Crippen molar-refractivity contribution in [1.29, 1.82) is 0 Å². The number of ether oxygens (including phenoxy) is 1. The monoisotopic (exact) mass is 565 g/mol. The number of nitrogens with one attached hydrogen (secondary N) is 1. The topological polar surface area (TPSA) is 96.0 Å². The van der Waals surface area contributed by atoms with Gasteiger partial charge in [0.1, 0.15) is 18.3 Å². The minimum atomic E-state index is -4.18. The highest BCUT2D eigenvalue weighted by Crippen LogP contribution is 2.33. The maximum atomic E-state index is 14.1. The van der Waals surface area contributed by atoms with Crippen LogP contribution in [0.5, 0.6) is 5.75 Å². The normalized spacial score (nSPS) is 12.1. The molecule has 214 valence electrons. The number of para-hydroxylation sites is 2. The van der Waals surface area contributed by atoms with Crippen LogP contribution in [0.25, 0.3) is 0 Å². The van der Waals surface area contributed by atoms with Gasteiger partial charge in [-0.15, -0.1) is 0 Å². The first-order valence-electron chi connectivity index (χ1n) is 13.4. The fourth-order valence-corrected chi connectivity index (χ4v) is 5.67. The molecule has 1 N–H and O–H groups in total. The minimum Gasteiger partial charge on any atom is -0.492 e. The van der Waals surface area contributed by atoms with Crippen molar-refractivity contribution in [1.82, 2.24) is 10.2 Å². The van der Waals surface area contributed by atoms with Crippen LogP contribution in [0.4, 0.5) is 5.69 Å². The molecule has 0 aliphatic rings. The molecule has 0 fully saturated rings. The largest absolute Gasteiger partial charge is 0.492 e. The fraction of sp³-hybridized carbons (Fsp3) is 0.355. The van der Waals surface area contributed by atoms with Crippen molar-refractivity contribution in [2.45, 2.75) is 65.1 Å². The summed E-state index contributed by atoms with van der Waals surface area (Å²) in [7, 11) is -4.18. The van der Waals surface area contributed by atoms with E-state index in [0.717, 1.165) is 21.0 Å². The molecular weight excluding hydrogens is 526 g/mol. The molecule has 8 nitrogen and oxygen atoms in total. The Kier molecular flexibility index (Phi) is 10.3. The summed E-state index contributed by atoms with van der Waals surface area (Å²) in [6.07, 6.45) is 0. The molecule has 0 saturated carbocycles. The molecule has 0 aliphatic heterocycles. The summed E-state index contributed by atoms with van der Waals surface area (Å²) >= 11 is 0. The number of carbonyl (C=O) groups excluding carboxylic acids is 2. The van der Waals surface area contributed by atoms with Gasteiger partial charge in [0, 0.05) is 12.6 Å². The summed E-state index contributed by atoms with van der Waals surface area (Å²) in [6.45, 7) is 10.9. The Morgan fingerprint density at radius 1 is 0.900 bits per heavy atom. The fourth-order valence-electron chi connectivity index (χ4n) is 4.25. The number of benzene rings is 3. The van der Waals surface area contributed by atoms with Crippen molar-refractivity contribution in [3.8, 4) is 5.75 Å². The first-order valence-corrected chi connectivity index (χ1v) is 14.8. The van der Waals surface area contributed by atoms with Crippen molar-refractivity contribution < 1.29 is 22.7 Å². The number of amides is 2. The van der Waals surface area contributed by atoms with E-state index in [4.69, 9.17) is 4.74 Å². The van der Waals surface area contributed by atoms with Crippen molar-refractivity contribution >= 4 is 27.5 Å². The lowest BCUT2D eigenvalue weighted by atomic mass is 10.1. The summed E-state index contributed by atoms with van der Waals surface area (Å²) in [4.78, 5) is 28.6. The Hall–Kier alpha value is -3.85. The van der Waals surface area contributed by atoms with Crippen LogP contribution in [-0.2, 0) is 26.2 Å². The molecule has 0 saturated heterocycles. The Balaban J connectivity index is 2.09. The summed E-state index contributed by atoms with van der Waals surface area (Å²) < 4.78 is 34.9. The summed E-state index contributed by atoms with van der Waals surface area (Å²) in [6, 6.07) is 19.8. The quantitative estimate of drug-likeness (QED) is 0.339. The van der Waals surface area contributed by atoms with Gasteiger partial charge in [-0.05, 0) is 76.9 Å². The van der Waals surface area contributed by atoms with Crippen LogP contribution >= 0.6 is 0 Å². The first kappa shape index (κ1) is 30.7. The van der Waals surface area contributed by atoms with Crippen LogP contribution in [0.3, 0.4) is 0 Å². The molecule has 40 heavy (non-hydrogen) atoms. The van der Waals surface area contributed by atoms with E-state index in [-0.39, 0.29) is 29.1 Å². The molecule has 3 rings (SSSR count). The number of rotatable bonds is 12. The van der Waals surface area contributed by atoms with Gasteiger partial charge in [0.05, 0.1) is 17.2 Å². The second-order valence-electron chi connectivity index (χ2n) is 10.0. The van der Waals surface area contributed by atoms with Crippen molar-refractivity contribution in [3.05, 3.63) is 89.5 Å². The van der Waals surface area contributed by atoms with Crippen LogP contribution in [0.15, 0.2) is 77.7 Å². The lowest BCUT2D eigenvalue weighted by Gasteiger charge is -2.33. The van der Waals surface area contributed by atoms with Gasteiger partial charge in [-0.25, -0.2) is 8.42 Å². The zero-order valence-corrected chi connectivity index (χ0v) is 24.9. The third kappa shape index (κ3) is 7.41. The number of nitrogens with zero attached hydrogens (tertiary/aromatic N) is 2. The highest BCUT2D eigenvalue weighted by molar-refractivity contribution is 7.92. The van der Waals surface area contributed by atoms with E-state index < -0.39 is 28.5 Å². The van der Waals surface area contributed by atoms with Gasteiger partial charge >= 0.3 is 0 Å². The van der Waals surface area contributed by atoms with Gasteiger partial charge in [-0.2, -0.15) is 0 Å². The van der Waals surface area contributed by atoms with E-state index in [2.05, 4.69) is 5.32 Å². The highest BCUT2D eigenvalue weighted by atomic mass is 32.2. The Bertz CT molecular complexity index is 1420. The van der Waals surface area contributed by atoms with E-state index in [1.807, 2.05) is 52.0 Å². The van der Waals surface area contributed by atoms with Crippen molar-refractivity contribution in [3.63, 3.8) is 0 Å². The molecule has 2 amide bonds. The minimum absolute atomic E-state index is 0.0493. The molecule has 0 spiro atoms. The summed E-state index contributed by atoms with van der Waals surface area (Å²) in [5.41, 5.74) is 2.98. The molecule has 3 aromatic rings. The van der Waals surface area contributed by atoms with Gasteiger partial charge in [0.15, 0.2) is 0 Å². The van der Waals surface area contributed by atoms with Crippen LogP contribution < -0.4 is 14.4 Å². The predicted octanol–water partition coefficient (Wildman–Crippen LogP) is 4.84. The average Bonchev–Trinajstić information content (AvgIpc) is 2.91. The van der Waals surface area contributed by atoms with Crippen LogP contribution in [0.1, 0.15) is 44.4 Å². The Morgan fingerprint density at radius 3 is 2.15 bits per heavy atom. The van der Waals surface area contributed by atoms with Crippen LogP contribution in [-0.4, -0.2) is 50.4 Å². The molecule has 1 atom stereocenters. The molecule has 0 aromatic heterocycles. The van der Waals surface area contributed by atoms with Crippen molar-refractivity contribution in [2.75, 3.05) is 17.5 Å². The molecular formula is C31H39N3O5S. The molecule has 9 heteroatoms. The zero-order chi connectivity index (χ0) is 29.4. The Morgan fingerprint density at radius 2 is 1.52 bits per heavy atom. The average molecular weight is 566 g/mol. The Labute approximate surface area is 238 Å². The number of hydrogen-bond acceptors (Lipinski definition) is 5. The van der Waals surface area contributed by atoms with Crippen LogP contribution in [0, 0.1) is 13.8 Å². The third-order valence-corrected chi connectivity index (χ3v) is 8.30. The summed E-state index contributed by atoms with van der Waals surface area (Å²) in [5.74, 6) is -0.499. The molecule has 0 heterocycles. The number of anilines is 1. The first-order chi connectivity index (χ1) is 18.9. The molecule has 0 aliphatic carbocycles. The zero-order valence-electron chi connectivity index (χ0n) is 24.0. The van der Waals surface area contributed by atoms with E-state index in [9.17, 15) is 18.0 Å². The SMILES string of the molecule is CCOc1ccccc1N(CC(=O)N(Cc1ccccc1C)C(C)C(=O)NC(C)C)S(=O)(=O)c1ccc(C)cc1. The highest BCUT2D eigenvalue weighted by Gasteiger charge is 2.34. The predicted molar refractivity (Wildman–Crippen MR) is 158 cm³/mol. The van der Waals surface area contributed by atoms with E-state index >= 15 is 0 Å². The lowest BCUT2D eigenvalue weighted by molar-refractivity contribution is -0.139. The van der Waals surface area contributed by atoms with E-state index in [0.29, 0.717) is 12.4 Å². The maximum Gasteiger partial charge on any atom is 0.264 e. The molecule has 3 aromatic carbocycles. The van der Waals surface area contributed by atoms with Gasteiger partial charge in [0.25, 0.3) is 10.0 Å². The number of carbonyl (C=O) groups is 2. The molecule has 0 radical (unpaired) electrons. The van der Waals surface area contributed by atoms with E-state index in [1.54, 1.807) is 50.2 Å². The van der Waals surface area contributed by atoms with Gasteiger partial charge in [-0.1, -0.05) is 54.1 Å². The third-order valence-electron chi connectivity index (χ3n) is 6.52. The molecule has 1 unspecified atom stereocenters. The van der Waals surface area contributed by atoms with Crippen LogP contribution in [0.2, 0.25) is 0 Å². The summed E-state index contributed by atoms with van der Waals surface area (Å²) in [5, 5.41) is 2.87.